The number of carbonyl (C=O) groups is 3. The minimum Gasteiger partial charge on any atom is -0.481 e. The Balaban J connectivity index is 1.31. The highest BCUT2D eigenvalue weighted by Gasteiger charge is 2.33. The number of allylic oxidation sites excluding steroid dienone is 2. The Labute approximate surface area is 209 Å². The number of amides is 2. The molecule has 1 aromatic heterocycles. The van der Waals surface area contributed by atoms with E-state index in [1.54, 1.807) is 41.8 Å². The fourth-order valence-electron chi connectivity index (χ4n) is 3.66. The van der Waals surface area contributed by atoms with Crippen LogP contribution in [0.3, 0.4) is 0 Å². The molecule has 2 atom stereocenters. The zero-order valence-corrected chi connectivity index (χ0v) is 20.1. The number of benzene rings is 2. The van der Waals surface area contributed by atoms with Crippen molar-refractivity contribution in [2.24, 2.45) is 11.8 Å². The molecule has 10 heteroatoms. The molecule has 0 fully saturated rings. The van der Waals surface area contributed by atoms with Crippen molar-refractivity contribution in [3.63, 3.8) is 0 Å². The number of aromatic nitrogens is 1. The SMILES string of the molecule is O=C(CSc1cccc(NC(=O)C2CC=CCC2C(=O)O)c1)Nc1nc(-c2ccc(F)cc2)cs1. The highest BCUT2D eigenvalue weighted by Crippen LogP contribution is 2.29. The van der Waals surface area contributed by atoms with Gasteiger partial charge in [0, 0.05) is 21.5 Å². The van der Waals surface area contributed by atoms with Gasteiger partial charge in [-0.15, -0.1) is 23.1 Å². The van der Waals surface area contributed by atoms with Gasteiger partial charge in [0.15, 0.2) is 5.13 Å². The second-order valence-corrected chi connectivity index (χ2v) is 9.80. The Morgan fingerprint density at radius 3 is 2.54 bits per heavy atom. The first kappa shape index (κ1) is 24.6. The van der Waals surface area contributed by atoms with Crippen LogP contribution in [0.25, 0.3) is 11.3 Å². The van der Waals surface area contributed by atoms with E-state index in [0.29, 0.717) is 29.4 Å². The number of aliphatic carboxylic acids is 1. The summed E-state index contributed by atoms with van der Waals surface area (Å²) in [4.78, 5) is 41.7. The first-order valence-corrected chi connectivity index (χ1v) is 12.7. The van der Waals surface area contributed by atoms with Crippen LogP contribution in [-0.4, -0.2) is 33.6 Å². The van der Waals surface area contributed by atoms with Crippen molar-refractivity contribution in [1.29, 1.82) is 0 Å². The molecule has 0 spiro atoms. The Hall–Kier alpha value is -3.50. The maximum Gasteiger partial charge on any atom is 0.307 e. The van der Waals surface area contributed by atoms with Gasteiger partial charge in [-0.25, -0.2) is 9.37 Å². The van der Waals surface area contributed by atoms with Crippen LogP contribution in [-0.2, 0) is 14.4 Å². The molecule has 0 saturated carbocycles. The van der Waals surface area contributed by atoms with E-state index in [2.05, 4.69) is 15.6 Å². The van der Waals surface area contributed by atoms with Gasteiger partial charge in [0.25, 0.3) is 0 Å². The number of carboxylic acids is 1. The summed E-state index contributed by atoms with van der Waals surface area (Å²) in [6.45, 7) is 0. The van der Waals surface area contributed by atoms with Crippen molar-refractivity contribution in [3.05, 3.63) is 71.9 Å². The lowest BCUT2D eigenvalue weighted by molar-refractivity contribution is -0.146. The highest BCUT2D eigenvalue weighted by molar-refractivity contribution is 8.00. The Morgan fingerprint density at radius 2 is 1.80 bits per heavy atom. The van der Waals surface area contributed by atoms with Crippen LogP contribution >= 0.6 is 23.1 Å². The molecule has 0 radical (unpaired) electrons. The van der Waals surface area contributed by atoms with Crippen LogP contribution in [0.5, 0.6) is 0 Å². The van der Waals surface area contributed by atoms with Crippen LogP contribution in [0.1, 0.15) is 12.8 Å². The molecule has 0 bridgehead atoms. The predicted molar refractivity (Wildman–Crippen MR) is 135 cm³/mol. The average Bonchev–Trinajstić information content (AvgIpc) is 3.31. The van der Waals surface area contributed by atoms with E-state index in [1.165, 1.54) is 35.2 Å². The van der Waals surface area contributed by atoms with Crippen LogP contribution < -0.4 is 10.6 Å². The highest BCUT2D eigenvalue weighted by atomic mass is 32.2. The number of halogens is 1. The number of thioether (sulfide) groups is 1. The van der Waals surface area contributed by atoms with Crippen LogP contribution in [0, 0.1) is 17.7 Å². The summed E-state index contributed by atoms with van der Waals surface area (Å²) in [5.41, 5.74) is 1.96. The third-order valence-electron chi connectivity index (χ3n) is 5.45. The number of nitrogens with one attached hydrogen (secondary N) is 2. The summed E-state index contributed by atoms with van der Waals surface area (Å²) in [7, 11) is 0. The number of carbonyl (C=O) groups excluding carboxylic acids is 2. The van der Waals surface area contributed by atoms with Crippen molar-refractivity contribution in [2.45, 2.75) is 17.7 Å². The molecule has 180 valence electrons. The molecule has 1 aliphatic rings. The van der Waals surface area contributed by atoms with E-state index in [4.69, 9.17) is 0 Å². The van der Waals surface area contributed by atoms with Gasteiger partial charge in [0.2, 0.25) is 11.8 Å². The summed E-state index contributed by atoms with van der Waals surface area (Å²) in [5.74, 6) is -3.10. The Morgan fingerprint density at radius 1 is 1.06 bits per heavy atom. The molecule has 35 heavy (non-hydrogen) atoms. The van der Waals surface area contributed by atoms with E-state index in [1.807, 2.05) is 12.1 Å². The zero-order chi connectivity index (χ0) is 24.8. The molecule has 2 amide bonds. The number of anilines is 2. The van der Waals surface area contributed by atoms with Gasteiger partial charge in [-0.3, -0.25) is 14.4 Å². The third-order valence-corrected chi connectivity index (χ3v) is 7.20. The monoisotopic (exact) mass is 511 g/mol. The van der Waals surface area contributed by atoms with Gasteiger partial charge >= 0.3 is 5.97 Å². The molecule has 2 unspecified atom stereocenters. The van der Waals surface area contributed by atoms with Crippen molar-refractivity contribution in [3.8, 4) is 11.3 Å². The maximum absolute atomic E-state index is 13.1. The number of hydrogen-bond acceptors (Lipinski definition) is 6. The Bertz CT molecular complexity index is 1260. The van der Waals surface area contributed by atoms with Crippen LogP contribution in [0.15, 0.2) is 71.0 Å². The quantitative estimate of drug-likeness (QED) is 0.280. The minimum atomic E-state index is -0.977. The fraction of sp³-hybridized carbons (Fsp3) is 0.200. The molecule has 4 rings (SSSR count). The first-order valence-electron chi connectivity index (χ1n) is 10.8. The van der Waals surface area contributed by atoms with E-state index in [9.17, 15) is 23.9 Å². The third kappa shape index (κ3) is 6.55. The molecule has 1 aliphatic carbocycles. The summed E-state index contributed by atoms with van der Waals surface area (Å²) in [6.07, 6.45) is 4.35. The predicted octanol–water partition coefficient (Wildman–Crippen LogP) is 5.29. The number of thiazole rings is 1. The smallest absolute Gasteiger partial charge is 0.307 e. The van der Waals surface area contributed by atoms with Gasteiger partial charge < -0.3 is 15.7 Å². The molecular formula is C25H22FN3O4S2. The second kappa shape index (κ2) is 11.3. The van der Waals surface area contributed by atoms with Gasteiger partial charge in [0.05, 0.1) is 23.3 Å². The first-order chi connectivity index (χ1) is 16.9. The topological polar surface area (TPSA) is 108 Å². The Kier molecular flexibility index (Phi) is 7.94. The molecule has 2 aromatic carbocycles. The number of nitrogens with zero attached hydrogens (tertiary/aromatic N) is 1. The van der Waals surface area contributed by atoms with E-state index >= 15 is 0 Å². The summed E-state index contributed by atoms with van der Waals surface area (Å²) < 4.78 is 13.1. The lowest BCUT2D eigenvalue weighted by Gasteiger charge is -2.24. The number of carboxylic acid groups (broad SMARTS) is 1. The summed E-state index contributed by atoms with van der Waals surface area (Å²) in [6, 6.07) is 13.0. The van der Waals surface area contributed by atoms with E-state index < -0.39 is 17.8 Å². The van der Waals surface area contributed by atoms with Gasteiger partial charge in [-0.1, -0.05) is 18.2 Å². The van der Waals surface area contributed by atoms with Crippen molar-refractivity contribution in [2.75, 3.05) is 16.4 Å². The van der Waals surface area contributed by atoms with Crippen molar-refractivity contribution in [1.82, 2.24) is 4.98 Å². The molecule has 0 saturated heterocycles. The maximum atomic E-state index is 13.1. The summed E-state index contributed by atoms with van der Waals surface area (Å²) >= 11 is 2.58. The molecular weight excluding hydrogens is 489 g/mol. The molecule has 3 N–H and O–H groups in total. The normalized spacial score (nSPS) is 17.1. The van der Waals surface area contributed by atoms with Crippen molar-refractivity contribution >= 4 is 51.7 Å². The minimum absolute atomic E-state index is 0.136. The van der Waals surface area contributed by atoms with Crippen LogP contribution in [0.4, 0.5) is 15.2 Å². The molecule has 1 heterocycles. The molecule has 0 aliphatic heterocycles. The zero-order valence-electron chi connectivity index (χ0n) is 18.4. The van der Waals surface area contributed by atoms with E-state index in [-0.39, 0.29) is 23.4 Å². The van der Waals surface area contributed by atoms with Gasteiger partial charge in [-0.2, -0.15) is 0 Å². The van der Waals surface area contributed by atoms with E-state index in [0.717, 1.165) is 10.5 Å². The van der Waals surface area contributed by atoms with Crippen molar-refractivity contribution < 1.29 is 23.9 Å². The molecule has 7 nitrogen and oxygen atoms in total. The molecule has 3 aromatic rings. The lowest BCUT2D eigenvalue weighted by Crippen LogP contribution is -2.34. The van der Waals surface area contributed by atoms with Gasteiger partial charge in [0.1, 0.15) is 5.82 Å². The number of rotatable bonds is 8. The lowest BCUT2D eigenvalue weighted by atomic mass is 9.82. The largest absolute Gasteiger partial charge is 0.481 e. The fourth-order valence-corrected chi connectivity index (χ4v) is 5.15. The average molecular weight is 512 g/mol. The number of hydrogen-bond donors (Lipinski definition) is 3. The standard InChI is InChI=1S/C25H22FN3O4S2/c26-16-10-8-15(9-11-16)21-13-35-25(28-21)29-22(30)14-34-18-5-3-4-17(12-18)27-23(31)19-6-1-2-7-20(19)24(32)33/h1-5,8-13,19-20H,6-7,14H2,(H,27,31)(H,32,33)(H,28,29,30). The second-order valence-electron chi connectivity index (χ2n) is 7.89. The van der Waals surface area contributed by atoms with Crippen LogP contribution in [0.2, 0.25) is 0 Å². The van der Waals surface area contributed by atoms with Gasteiger partial charge in [-0.05, 0) is 55.3 Å². The summed E-state index contributed by atoms with van der Waals surface area (Å²) in [5, 5.41) is 17.2.